The van der Waals surface area contributed by atoms with Crippen molar-refractivity contribution in [2.24, 2.45) is 0 Å². The van der Waals surface area contributed by atoms with Crippen LogP contribution in [-0.4, -0.2) is 30.6 Å². The van der Waals surface area contributed by atoms with E-state index in [1.165, 1.54) is 0 Å². The van der Waals surface area contributed by atoms with Crippen molar-refractivity contribution in [2.75, 3.05) is 5.32 Å². The molecule has 178 valence electrons. The van der Waals surface area contributed by atoms with E-state index in [9.17, 15) is 4.79 Å². The van der Waals surface area contributed by atoms with Crippen molar-refractivity contribution in [3.63, 3.8) is 0 Å². The van der Waals surface area contributed by atoms with Gasteiger partial charge in [-0.05, 0) is 65.7 Å². The maximum atomic E-state index is 13.2. The lowest BCUT2D eigenvalue weighted by Gasteiger charge is -2.12. The zero-order valence-electron chi connectivity index (χ0n) is 20.7. The predicted molar refractivity (Wildman–Crippen MR) is 128 cm³/mol. The maximum absolute atomic E-state index is 13.2. The zero-order chi connectivity index (χ0) is 24.6. The first-order valence-corrected chi connectivity index (χ1v) is 11.2. The molecule has 0 aliphatic rings. The van der Waals surface area contributed by atoms with Crippen molar-refractivity contribution in [1.29, 1.82) is 0 Å². The number of nitrogens with one attached hydrogen (secondary N) is 1. The Bertz CT molecular complexity index is 1340. The van der Waals surface area contributed by atoms with Crippen molar-refractivity contribution >= 4 is 11.6 Å². The fraction of sp³-hybridized carbons (Fsp3) is 0.360. The molecule has 0 saturated carbocycles. The van der Waals surface area contributed by atoms with E-state index in [1.54, 1.807) is 6.92 Å². The van der Waals surface area contributed by atoms with E-state index in [1.807, 2.05) is 75.2 Å². The largest absolute Gasteiger partial charge is 0.488 e. The van der Waals surface area contributed by atoms with Gasteiger partial charge in [-0.3, -0.25) is 4.79 Å². The van der Waals surface area contributed by atoms with Crippen molar-refractivity contribution in [3.05, 3.63) is 75.2 Å². The third-order valence-corrected chi connectivity index (χ3v) is 5.96. The van der Waals surface area contributed by atoms with Gasteiger partial charge in [0.05, 0.1) is 28.3 Å². The fourth-order valence-corrected chi connectivity index (χ4v) is 4.04. The normalized spacial score (nSPS) is 11.1. The molecule has 1 amide bonds. The summed E-state index contributed by atoms with van der Waals surface area (Å²) >= 11 is 0. The lowest BCUT2D eigenvalue weighted by molar-refractivity contribution is 0.101. The number of rotatable bonds is 7. The quantitative estimate of drug-likeness (QED) is 0.432. The van der Waals surface area contributed by atoms with Crippen molar-refractivity contribution in [2.45, 2.75) is 61.7 Å². The number of hydrogen-bond donors (Lipinski definition) is 1. The molecule has 0 unspecified atom stereocenters. The highest BCUT2D eigenvalue weighted by molar-refractivity contribution is 6.04. The van der Waals surface area contributed by atoms with Crippen LogP contribution < -0.4 is 10.1 Å². The van der Waals surface area contributed by atoms with Gasteiger partial charge in [0.2, 0.25) is 0 Å². The molecule has 0 saturated heterocycles. The number of benzene rings is 1. The number of nitrogens with zero attached hydrogens (tertiary/aromatic N) is 5. The molecule has 3 aromatic heterocycles. The highest BCUT2D eigenvalue weighted by Gasteiger charge is 2.23. The number of para-hydroxylation sites is 1. The van der Waals surface area contributed by atoms with Gasteiger partial charge in [-0.1, -0.05) is 23.4 Å². The maximum Gasteiger partial charge on any atom is 0.278 e. The van der Waals surface area contributed by atoms with Crippen molar-refractivity contribution < 1.29 is 14.1 Å². The van der Waals surface area contributed by atoms with Crippen LogP contribution in [-0.2, 0) is 13.3 Å². The van der Waals surface area contributed by atoms with Gasteiger partial charge >= 0.3 is 0 Å². The number of carbonyl (C=O) groups excluding carboxylic acids is 1. The average molecular weight is 463 g/mol. The second-order valence-corrected chi connectivity index (χ2v) is 8.64. The van der Waals surface area contributed by atoms with E-state index in [4.69, 9.17) is 9.26 Å². The molecule has 1 aromatic carbocycles. The van der Waals surface area contributed by atoms with Crippen molar-refractivity contribution in [3.8, 4) is 5.75 Å². The Hall–Kier alpha value is -3.88. The summed E-state index contributed by atoms with van der Waals surface area (Å²) in [5, 5.41) is 16.1. The first kappa shape index (κ1) is 23.3. The highest BCUT2D eigenvalue weighted by atomic mass is 16.5. The fourth-order valence-electron chi connectivity index (χ4n) is 4.04. The molecule has 4 rings (SSSR count). The minimum Gasteiger partial charge on any atom is -0.488 e. The van der Waals surface area contributed by atoms with Gasteiger partial charge in [0, 0.05) is 5.69 Å². The molecule has 34 heavy (non-hydrogen) atoms. The Morgan fingerprint density at radius 3 is 2.38 bits per heavy atom. The van der Waals surface area contributed by atoms with Gasteiger partial charge in [-0.2, -0.15) is 10.2 Å². The van der Waals surface area contributed by atoms with E-state index < -0.39 is 0 Å². The molecule has 0 atom stereocenters. The van der Waals surface area contributed by atoms with E-state index >= 15 is 0 Å². The van der Waals surface area contributed by atoms with Crippen LogP contribution >= 0.6 is 0 Å². The molecule has 0 spiro atoms. The highest BCUT2D eigenvalue weighted by Crippen LogP contribution is 2.26. The van der Waals surface area contributed by atoms with Crippen LogP contribution in [0.3, 0.4) is 0 Å². The molecule has 0 aliphatic heterocycles. The summed E-state index contributed by atoms with van der Waals surface area (Å²) in [7, 11) is 0. The number of anilines is 1. The number of amides is 1. The second-order valence-electron chi connectivity index (χ2n) is 8.64. The smallest absolute Gasteiger partial charge is 0.278 e. The summed E-state index contributed by atoms with van der Waals surface area (Å²) < 4.78 is 15.1. The lowest BCUT2D eigenvalue weighted by atomic mass is 10.1. The number of aryl methyl sites for hydroxylation is 6. The summed E-state index contributed by atoms with van der Waals surface area (Å²) in [5.41, 5.74) is 7.05. The van der Waals surface area contributed by atoms with Gasteiger partial charge in [-0.15, -0.1) is 0 Å². The first-order valence-electron chi connectivity index (χ1n) is 11.2. The summed E-state index contributed by atoms with van der Waals surface area (Å²) in [4.78, 5) is 13.2. The molecule has 4 aromatic rings. The minimum atomic E-state index is -0.367. The van der Waals surface area contributed by atoms with Gasteiger partial charge < -0.3 is 14.6 Å². The molecular weight excluding hydrogens is 432 g/mol. The monoisotopic (exact) mass is 462 g/mol. The molecule has 3 heterocycles. The summed E-state index contributed by atoms with van der Waals surface area (Å²) in [6.07, 6.45) is 0. The molecule has 0 fully saturated rings. The molecular formula is C25H30N6O3. The molecule has 0 bridgehead atoms. The van der Waals surface area contributed by atoms with Crippen LogP contribution in [0.2, 0.25) is 0 Å². The summed E-state index contributed by atoms with van der Waals surface area (Å²) in [6, 6.07) is 7.99. The minimum absolute atomic E-state index is 0.179. The molecule has 0 aliphatic carbocycles. The van der Waals surface area contributed by atoms with Crippen LogP contribution in [0.15, 0.2) is 28.8 Å². The average Bonchev–Trinajstić information content (AvgIpc) is 3.38. The van der Waals surface area contributed by atoms with Gasteiger partial charge in [0.15, 0.2) is 5.69 Å². The number of hydrogen-bond acceptors (Lipinski definition) is 6. The van der Waals surface area contributed by atoms with Crippen LogP contribution in [0.1, 0.15) is 55.7 Å². The lowest BCUT2D eigenvalue weighted by Crippen LogP contribution is -2.17. The number of carbonyl (C=O) groups is 1. The topological polar surface area (TPSA) is 100 Å². The molecule has 1 N–H and O–H groups in total. The summed E-state index contributed by atoms with van der Waals surface area (Å²) in [5.74, 6) is 0.977. The van der Waals surface area contributed by atoms with Gasteiger partial charge in [0.25, 0.3) is 5.91 Å². The Morgan fingerprint density at radius 2 is 1.74 bits per heavy atom. The molecule has 0 radical (unpaired) electrons. The standard InChI is InChI=1S/C25H30N6O3/c1-14-9-8-10-15(2)24(14)33-12-21-20(7)34-29-23(21)25(32)26-22-18(5)28-31(19(22)6)13-30-17(4)11-16(3)27-30/h8-11H,12-13H2,1-7H3,(H,26,32). The third-order valence-electron chi connectivity index (χ3n) is 5.96. The second kappa shape index (κ2) is 9.17. The Morgan fingerprint density at radius 1 is 1.03 bits per heavy atom. The first-order chi connectivity index (χ1) is 16.2. The van der Waals surface area contributed by atoms with Gasteiger partial charge in [-0.25, -0.2) is 9.36 Å². The third kappa shape index (κ3) is 4.46. The van der Waals surface area contributed by atoms with Crippen LogP contribution in [0.5, 0.6) is 5.75 Å². The van der Waals surface area contributed by atoms with E-state index in [0.717, 1.165) is 34.0 Å². The van der Waals surface area contributed by atoms with E-state index in [0.29, 0.717) is 29.4 Å². The van der Waals surface area contributed by atoms with Crippen LogP contribution in [0.25, 0.3) is 0 Å². The Labute approximate surface area is 198 Å². The number of ether oxygens (including phenoxy) is 1. The van der Waals surface area contributed by atoms with Gasteiger partial charge in [0.1, 0.15) is 24.8 Å². The van der Waals surface area contributed by atoms with E-state index in [2.05, 4.69) is 20.7 Å². The van der Waals surface area contributed by atoms with Crippen molar-refractivity contribution in [1.82, 2.24) is 24.7 Å². The SMILES string of the molecule is Cc1cc(C)n(Cn2nc(C)c(NC(=O)c3noc(C)c3COc3c(C)cccc3C)c2C)n1. The zero-order valence-corrected chi connectivity index (χ0v) is 20.7. The van der Waals surface area contributed by atoms with Crippen LogP contribution in [0.4, 0.5) is 5.69 Å². The molecule has 9 nitrogen and oxygen atoms in total. The Balaban J connectivity index is 1.54. The van der Waals surface area contributed by atoms with E-state index in [-0.39, 0.29) is 18.2 Å². The van der Waals surface area contributed by atoms with Crippen LogP contribution in [0, 0.1) is 48.5 Å². The number of aromatic nitrogens is 5. The Kier molecular flexibility index (Phi) is 6.28. The molecule has 9 heteroatoms. The predicted octanol–water partition coefficient (Wildman–Crippen LogP) is 4.56. The summed E-state index contributed by atoms with van der Waals surface area (Å²) in [6.45, 7) is 14.1.